The Kier molecular flexibility index (Phi) is 41.6. The summed E-state index contributed by atoms with van der Waals surface area (Å²) < 4.78 is 38.8. The Morgan fingerprint density at radius 3 is 1.20 bits per heavy atom. The lowest BCUT2D eigenvalue weighted by Gasteiger charge is -2.40. The maximum Gasteiger partial charge on any atom is 0.223 e. The predicted octanol–water partition coefficient (Wildman–Crippen LogP) is -2.83. The SMILES string of the molecule is CC(C)C.COC[C@@H]1C[C@@H](O)CN1C(=O)CCCC(=O)NC(CCC(=O)CCCCNC(=O)CCO[C@@H]1OC(CO)[C@H](O)C(O)[C@@H]1C)(CCC(=O)NCCCNC(=O)CCO[C@@H]1OC(CO)[C@H](O)C(O)[C@@H]1C)CCC(=O)NCCCNC(=O)CCO[C@@H]1OC(CO)[C@H](O)C(O)[C@@H]1C. The molecule has 562 valence electrons. The van der Waals surface area contributed by atoms with Crippen molar-refractivity contribution in [2.24, 2.45) is 23.7 Å². The number of unbranched alkanes of at least 4 members (excludes halogenated alkanes) is 1. The number of β-amino-alcohol motifs (C(OH)–C–C–N with tert-alkyl or cyclic N) is 1. The summed E-state index contributed by atoms with van der Waals surface area (Å²) in [6, 6.07) is -0.333. The monoisotopic (exact) mass is 1400 g/mol. The Morgan fingerprint density at radius 2 is 0.825 bits per heavy atom. The minimum Gasteiger partial charge on any atom is -0.394 e. The molecule has 4 rings (SSSR count). The van der Waals surface area contributed by atoms with Crippen molar-refractivity contribution in [3.8, 4) is 0 Å². The molecule has 97 heavy (non-hydrogen) atoms. The van der Waals surface area contributed by atoms with Gasteiger partial charge in [0.15, 0.2) is 18.9 Å². The first kappa shape index (κ1) is 86.5. The first-order chi connectivity index (χ1) is 46.1. The molecule has 4 fully saturated rings. The Bertz CT molecular complexity index is 2130. The van der Waals surface area contributed by atoms with Crippen molar-refractivity contribution in [3.63, 3.8) is 0 Å². The Labute approximate surface area is 569 Å². The second kappa shape index (κ2) is 46.7. The molecule has 0 aromatic carbocycles. The van der Waals surface area contributed by atoms with Gasteiger partial charge in [-0.05, 0) is 63.7 Å². The summed E-state index contributed by atoms with van der Waals surface area (Å²) in [6.07, 6.45) is -13.2. The second-order valence-electron chi connectivity index (χ2n) is 26.5. The standard InChI is InChI=1S/C61H107N7O25.C4H10/c1-36-52(81)55(84)42(32-69)91-58(36)88-27-16-47(76)62-22-6-5-10-40(72)13-19-61(67-50(79)11-7-12-51(80)68-31-41(73)30-39(68)35-87-4,20-14-45(74)63-23-8-25-65-48(77)17-28-89-59-37(2)53(82)56(85)43(33-70)92-59)21-15-46(75)64-24-9-26-66-49(78)18-29-90-60-38(3)54(83)57(86)44(34-71)93-60;1-4(2)3/h36-39,41-44,52-60,69-71,73,81-86H,5-35H2,1-4H3,(H,62,76)(H,63,74)(H,64,75)(H,65,77)(H,66,78)(H,67,79);4H,1-3H3/t36-,37-,38-,39-,41+,42?,43?,44?,52?,53?,54?,55-,56-,57-,58+,59+,60+,61?;/m0./s1. The topological polar surface area (TPSA) is 479 Å². The number of carbonyl (C=O) groups excluding carboxylic acids is 8. The van der Waals surface area contributed by atoms with Crippen LogP contribution in [0.15, 0.2) is 0 Å². The molecule has 0 aliphatic carbocycles. The van der Waals surface area contributed by atoms with Crippen LogP contribution in [0.2, 0.25) is 0 Å². The summed E-state index contributed by atoms with van der Waals surface area (Å²) in [4.78, 5) is 108. The van der Waals surface area contributed by atoms with E-state index in [2.05, 4.69) is 52.7 Å². The summed E-state index contributed by atoms with van der Waals surface area (Å²) in [5.74, 6) is -4.00. The fourth-order valence-corrected chi connectivity index (χ4v) is 11.5. The van der Waals surface area contributed by atoms with E-state index >= 15 is 0 Å². The van der Waals surface area contributed by atoms with Crippen LogP contribution in [-0.4, -0.2) is 287 Å². The lowest BCUT2D eigenvalue weighted by Crippen LogP contribution is -2.55. The van der Waals surface area contributed by atoms with Crippen LogP contribution in [0.3, 0.4) is 0 Å². The smallest absolute Gasteiger partial charge is 0.223 e. The van der Waals surface area contributed by atoms with E-state index in [0.29, 0.717) is 32.1 Å². The molecule has 4 saturated heterocycles. The van der Waals surface area contributed by atoms with Gasteiger partial charge in [0.25, 0.3) is 0 Å². The van der Waals surface area contributed by atoms with Crippen molar-refractivity contribution >= 4 is 47.1 Å². The molecule has 17 atom stereocenters. The number of amides is 7. The number of aliphatic hydroxyl groups is 10. The zero-order chi connectivity index (χ0) is 72.2. The number of likely N-dealkylation sites (tertiary alicyclic amines) is 1. The molecule has 32 nitrogen and oxygen atoms in total. The quantitative estimate of drug-likeness (QED) is 0.0273. The second-order valence-corrected chi connectivity index (χ2v) is 26.5. The highest BCUT2D eigenvalue weighted by molar-refractivity contribution is 5.82. The Balaban J connectivity index is 0.00000595. The lowest BCUT2D eigenvalue weighted by atomic mass is 9.82. The molecular formula is C65H117N7O25. The van der Waals surface area contributed by atoms with Crippen molar-refractivity contribution in [2.75, 3.05) is 92.6 Å². The number of carbonyl (C=O) groups is 8. The van der Waals surface area contributed by atoms with E-state index < -0.39 is 141 Å². The maximum atomic E-state index is 14.0. The number of hydrogen-bond donors (Lipinski definition) is 16. The predicted molar refractivity (Wildman–Crippen MR) is 347 cm³/mol. The van der Waals surface area contributed by atoms with Gasteiger partial charge in [-0.3, -0.25) is 38.4 Å². The van der Waals surface area contributed by atoms with Gasteiger partial charge in [-0.2, -0.15) is 0 Å². The number of Topliss-reactive ketones (excluding diaryl/α,β-unsaturated/α-hetero) is 1. The van der Waals surface area contributed by atoms with E-state index in [0.717, 1.165) is 5.92 Å². The summed E-state index contributed by atoms with van der Waals surface area (Å²) in [7, 11) is 1.49. The third-order valence-electron chi connectivity index (χ3n) is 17.4. The molecule has 0 aromatic heterocycles. The highest BCUT2D eigenvalue weighted by atomic mass is 16.7. The van der Waals surface area contributed by atoms with Gasteiger partial charge in [0.1, 0.15) is 42.4 Å². The molecule has 0 saturated carbocycles. The number of nitrogens with one attached hydrogen (secondary N) is 6. The van der Waals surface area contributed by atoms with Gasteiger partial charge >= 0.3 is 0 Å². The molecule has 16 N–H and O–H groups in total. The average molecular weight is 1400 g/mol. The van der Waals surface area contributed by atoms with E-state index in [1.807, 2.05) is 0 Å². The number of methoxy groups -OCH3 is 1. The zero-order valence-corrected chi connectivity index (χ0v) is 57.9. The molecule has 7 amide bonds. The molecule has 4 aliphatic heterocycles. The Hall–Kier alpha value is -4.72. The minimum absolute atomic E-state index is 0.00862. The molecule has 6 unspecified atom stereocenters. The van der Waals surface area contributed by atoms with Crippen LogP contribution in [0.25, 0.3) is 0 Å². The van der Waals surface area contributed by atoms with E-state index in [9.17, 15) is 89.4 Å². The van der Waals surface area contributed by atoms with Crippen molar-refractivity contribution < 1.29 is 123 Å². The van der Waals surface area contributed by atoms with E-state index in [1.54, 1.807) is 20.8 Å². The van der Waals surface area contributed by atoms with Gasteiger partial charge in [0, 0.05) is 108 Å². The highest BCUT2D eigenvalue weighted by Gasteiger charge is 2.45. The zero-order valence-electron chi connectivity index (χ0n) is 57.9. The minimum atomic E-state index is -1.32. The van der Waals surface area contributed by atoms with Crippen molar-refractivity contribution in [2.45, 2.75) is 249 Å². The van der Waals surface area contributed by atoms with Crippen LogP contribution in [0.5, 0.6) is 0 Å². The van der Waals surface area contributed by atoms with Crippen LogP contribution in [0.1, 0.15) is 157 Å². The van der Waals surface area contributed by atoms with E-state index in [4.69, 9.17) is 33.2 Å². The molecule has 0 bridgehead atoms. The molecule has 4 aliphatic rings. The van der Waals surface area contributed by atoms with Gasteiger partial charge in [-0.15, -0.1) is 0 Å². The Morgan fingerprint density at radius 1 is 0.464 bits per heavy atom. The highest BCUT2D eigenvalue weighted by Crippen LogP contribution is 2.31. The largest absolute Gasteiger partial charge is 0.394 e. The summed E-state index contributed by atoms with van der Waals surface area (Å²) >= 11 is 0. The molecule has 4 heterocycles. The maximum absolute atomic E-state index is 14.0. The summed E-state index contributed by atoms with van der Waals surface area (Å²) in [6.45, 7) is 10.6. The summed E-state index contributed by atoms with van der Waals surface area (Å²) in [5, 5.41) is 117. The van der Waals surface area contributed by atoms with Gasteiger partial charge in [0.2, 0.25) is 41.4 Å². The van der Waals surface area contributed by atoms with E-state index in [1.165, 1.54) is 12.0 Å². The molecule has 0 radical (unpaired) electrons. The number of aliphatic hydroxyl groups excluding tert-OH is 10. The lowest BCUT2D eigenvalue weighted by molar-refractivity contribution is -0.282. The fraction of sp³-hybridized carbons (Fsp3) is 0.877. The number of nitrogens with zero attached hydrogens (tertiary/aromatic N) is 1. The molecule has 0 aromatic rings. The molecule has 32 heteroatoms. The van der Waals surface area contributed by atoms with Gasteiger partial charge in [-0.25, -0.2) is 0 Å². The van der Waals surface area contributed by atoms with Crippen molar-refractivity contribution in [1.29, 1.82) is 0 Å². The van der Waals surface area contributed by atoms with Crippen LogP contribution in [0.4, 0.5) is 0 Å². The fourth-order valence-electron chi connectivity index (χ4n) is 11.5. The first-order valence-corrected chi connectivity index (χ1v) is 34.5. The molecule has 0 spiro atoms. The summed E-state index contributed by atoms with van der Waals surface area (Å²) in [5.41, 5.74) is -1.32. The van der Waals surface area contributed by atoms with Crippen molar-refractivity contribution in [3.05, 3.63) is 0 Å². The van der Waals surface area contributed by atoms with Crippen LogP contribution >= 0.6 is 0 Å². The number of ketones is 1. The van der Waals surface area contributed by atoms with Crippen molar-refractivity contribution in [1.82, 2.24) is 36.8 Å². The molecular weight excluding hydrogens is 1280 g/mol. The normalized spacial score (nSPS) is 28.6. The van der Waals surface area contributed by atoms with Crippen LogP contribution in [-0.2, 0) is 71.5 Å². The third kappa shape index (κ3) is 31.8. The third-order valence-corrected chi connectivity index (χ3v) is 17.4. The van der Waals surface area contributed by atoms with Gasteiger partial charge < -0.3 is 121 Å². The van der Waals surface area contributed by atoms with Crippen LogP contribution in [0, 0.1) is 23.7 Å². The number of hydrogen-bond acceptors (Lipinski definition) is 25. The van der Waals surface area contributed by atoms with Gasteiger partial charge in [-0.1, -0.05) is 41.5 Å². The average Bonchev–Trinajstić information content (AvgIpc) is 1.15. The van der Waals surface area contributed by atoms with E-state index in [-0.39, 0.29) is 185 Å². The number of rotatable bonds is 44. The first-order valence-electron chi connectivity index (χ1n) is 34.5. The van der Waals surface area contributed by atoms with Crippen LogP contribution < -0.4 is 31.9 Å². The van der Waals surface area contributed by atoms with Gasteiger partial charge in [0.05, 0.1) is 96.0 Å². The number of ether oxygens (including phenoxy) is 7.